The first-order valence-corrected chi connectivity index (χ1v) is 5.95. The maximum Gasteiger partial charge on any atom is 0.335 e. The molecule has 0 aromatic carbocycles. The average Bonchev–Trinajstić information content (AvgIpc) is 2.38. The van der Waals surface area contributed by atoms with Gasteiger partial charge < -0.3 is 15.7 Å². The zero-order valence-corrected chi connectivity index (χ0v) is 10.7. The lowest BCUT2D eigenvalue weighted by molar-refractivity contribution is -0.133. The van der Waals surface area contributed by atoms with E-state index >= 15 is 0 Å². The highest BCUT2D eigenvalue weighted by Gasteiger charge is 2.33. The van der Waals surface area contributed by atoms with Gasteiger partial charge in [0.05, 0.1) is 11.6 Å². The number of nitrogens with zero attached hydrogens (tertiary/aromatic N) is 1. The monoisotopic (exact) mass is 261 g/mol. The van der Waals surface area contributed by atoms with E-state index in [9.17, 15) is 14.7 Å². The van der Waals surface area contributed by atoms with Gasteiger partial charge in [-0.2, -0.15) is 0 Å². The maximum absolute atomic E-state index is 11.7. The summed E-state index contributed by atoms with van der Waals surface area (Å²) in [7, 11) is 0. The van der Waals surface area contributed by atoms with E-state index in [1.54, 1.807) is 24.5 Å². The molecule has 1 aliphatic heterocycles. The van der Waals surface area contributed by atoms with Crippen LogP contribution in [0.15, 0.2) is 35.8 Å². The second-order valence-electron chi connectivity index (χ2n) is 4.61. The maximum atomic E-state index is 11.7. The molecule has 6 nitrogen and oxygen atoms in total. The highest BCUT2D eigenvalue weighted by atomic mass is 16.4. The van der Waals surface area contributed by atoms with Crippen molar-refractivity contribution in [3.63, 3.8) is 0 Å². The van der Waals surface area contributed by atoms with Gasteiger partial charge in [0.25, 0.3) is 0 Å². The molecule has 100 valence electrons. The van der Waals surface area contributed by atoms with Gasteiger partial charge in [0.15, 0.2) is 0 Å². The molecule has 1 aromatic heterocycles. The van der Waals surface area contributed by atoms with Crippen LogP contribution in [0.25, 0.3) is 0 Å². The molecule has 2 heterocycles. The summed E-state index contributed by atoms with van der Waals surface area (Å²) in [6.07, 6.45) is 3.15. The minimum atomic E-state index is -1.05. The predicted molar refractivity (Wildman–Crippen MR) is 68.1 cm³/mol. The number of pyridine rings is 1. The van der Waals surface area contributed by atoms with Gasteiger partial charge >= 0.3 is 12.0 Å². The number of carboxylic acid groups (broad SMARTS) is 1. The molecule has 2 rings (SSSR count). The Morgan fingerprint density at radius 1 is 1.47 bits per heavy atom. The van der Waals surface area contributed by atoms with Gasteiger partial charge in [0.2, 0.25) is 0 Å². The summed E-state index contributed by atoms with van der Waals surface area (Å²) in [5.74, 6) is -1.14. The Morgan fingerprint density at radius 2 is 2.21 bits per heavy atom. The molecule has 0 fully saturated rings. The van der Waals surface area contributed by atoms with Crippen molar-refractivity contribution < 1.29 is 14.7 Å². The molecule has 0 aliphatic carbocycles. The van der Waals surface area contributed by atoms with E-state index in [1.165, 1.54) is 0 Å². The summed E-state index contributed by atoms with van der Waals surface area (Å²) in [6, 6.07) is 2.36. The zero-order chi connectivity index (χ0) is 14.0. The fraction of sp³-hybridized carbons (Fsp3) is 0.308. The summed E-state index contributed by atoms with van der Waals surface area (Å²) >= 11 is 0. The van der Waals surface area contributed by atoms with Crippen LogP contribution in [0.5, 0.6) is 0 Å². The normalized spacial score (nSPS) is 19.1. The minimum Gasteiger partial charge on any atom is -0.478 e. The molecule has 0 radical (unpaired) electrons. The highest BCUT2D eigenvalue weighted by Crippen LogP contribution is 2.28. The van der Waals surface area contributed by atoms with Crippen LogP contribution in [0.3, 0.4) is 0 Å². The molecule has 0 saturated carbocycles. The summed E-state index contributed by atoms with van der Waals surface area (Å²) in [6.45, 7) is 3.67. The number of carbonyl (C=O) groups is 2. The SMILES string of the molecule is CC(C)C1=C(C(=O)O)C(c2cccnc2)NC(=O)N1. The van der Waals surface area contributed by atoms with Crippen molar-refractivity contribution in [2.45, 2.75) is 19.9 Å². The van der Waals surface area contributed by atoms with Crippen LogP contribution < -0.4 is 10.6 Å². The van der Waals surface area contributed by atoms with E-state index in [2.05, 4.69) is 15.6 Å². The quantitative estimate of drug-likeness (QED) is 0.767. The second kappa shape index (κ2) is 5.09. The fourth-order valence-electron chi connectivity index (χ4n) is 2.08. The molecule has 1 aliphatic rings. The third-order valence-corrected chi connectivity index (χ3v) is 2.93. The lowest BCUT2D eigenvalue weighted by Crippen LogP contribution is -2.46. The summed E-state index contributed by atoms with van der Waals surface area (Å²) in [4.78, 5) is 27.1. The molecule has 19 heavy (non-hydrogen) atoms. The van der Waals surface area contributed by atoms with Gasteiger partial charge in [-0.25, -0.2) is 9.59 Å². The first-order chi connectivity index (χ1) is 9.00. The van der Waals surface area contributed by atoms with Crippen LogP contribution in [-0.4, -0.2) is 22.1 Å². The molecular weight excluding hydrogens is 246 g/mol. The number of aromatic nitrogens is 1. The fourth-order valence-corrected chi connectivity index (χ4v) is 2.08. The smallest absolute Gasteiger partial charge is 0.335 e. The molecule has 0 spiro atoms. The van der Waals surface area contributed by atoms with Crippen molar-refractivity contribution in [3.8, 4) is 0 Å². The number of urea groups is 1. The van der Waals surface area contributed by atoms with E-state index in [0.717, 1.165) is 0 Å². The second-order valence-corrected chi connectivity index (χ2v) is 4.61. The van der Waals surface area contributed by atoms with E-state index in [4.69, 9.17) is 0 Å². The lowest BCUT2D eigenvalue weighted by atomic mass is 9.92. The van der Waals surface area contributed by atoms with Crippen molar-refractivity contribution in [2.24, 2.45) is 5.92 Å². The first kappa shape index (κ1) is 13.1. The lowest BCUT2D eigenvalue weighted by Gasteiger charge is -2.29. The number of hydrogen-bond acceptors (Lipinski definition) is 3. The largest absolute Gasteiger partial charge is 0.478 e. The third-order valence-electron chi connectivity index (χ3n) is 2.93. The number of carbonyl (C=O) groups excluding carboxylic acids is 1. The molecule has 0 saturated heterocycles. The number of aliphatic carboxylic acids is 1. The predicted octanol–water partition coefficient (Wildman–Crippen LogP) is 1.43. The van der Waals surface area contributed by atoms with Crippen LogP contribution in [0.1, 0.15) is 25.5 Å². The number of allylic oxidation sites excluding steroid dienone is 1. The molecule has 1 atom stereocenters. The van der Waals surface area contributed by atoms with Crippen LogP contribution in [0, 0.1) is 5.92 Å². The van der Waals surface area contributed by atoms with E-state index in [0.29, 0.717) is 11.3 Å². The number of carboxylic acids is 1. The molecule has 2 amide bonds. The molecular formula is C13H15N3O3. The van der Waals surface area contributed by atoms with E-state index < -0.39 is 18.0 Å². The Labute approximate surface area is 110 Å². The Hall–Kier alpha value is -2.37. The Bertz CT molecular complexity index is 537. The summed E-state index contributed by atoms with van der Waals surface area (Å²) in [5.41, 5.74) is 1.24. The van der Waals surface area contributed by atoms with E-state index in [1.807, 2.05) is 13.8 Å². The van der Waals surface area contributed by atoms with E-state index in [-0.39, 0.29) is 11.5 Å². The van der Waals surface area contributed by atoms with Crippen molar-refractivity contribution in [1.29, 1.82) is 0 Å². The zero-order valence-electron chi connectivity index (χ0n) is 10.7. The van der Waals surface area contributed by atoms with Gasteiger partial charge in [-0.3, -0.25) is 4.98 Å². The number of rotatable bonds is 3. The minimum absolute atomic E-state index is 0.0867. The van der Waals surface area contributed by atoms with Crippen molar-refractivity contribution in [2.75, 3.05) is 0 Å². The van der Waals surface area contributed by atoms with Gasteiger partial charge in [-0.15, -0.1) is 0 Å². The summed E-state index contributed by atoms with van der Waals surface area (Å²) in [5, 5.41) is 14.6. The van der Waals surface area contributed by atoms with Crippen LogP contribution in [0.2, 0.25) is 0 Å². The van der Waals surface area contributed by atoms with Crippen molar-refractivity contribution >= 4 is 12.0 Å². The van der Waals surface area contributed by atoms with Gasteiger partial charge in [0.1, 0.15) is 0 Å². The number of hydrogen-bond donors (Lipinski definition) is 3. The van der Waals surface area contributed by atoms with Crippen LogP contribution in [0.4, 0.5) is 4.79 Å². The third kappa shape index (κ3) is 2.57. The first-order valence-electron chi connectivity index (χ1n) is 5.95. The van der Waals surface area contributed by atoms with Gasteiger partial charge in [-0.05, 0) is 17.5 Å². The highest BCUT2D eigenvalue weighted by molar-refractivity contribution is 5.93. The Morgan fingerprint density at radius 3 is 2.74 bits per heavy atom. The van der Waals surface area contributed by atoms with Gasteiger partial charge in [0, 0.05) is 18.1 Å². The van der Waals surface area contributed by atoms with Crippen molar-refractivity contribution in [1.82, 2.24) is 15.6 Å². The van der Waals surface area contributed by atoms with Crippen molar-refractivity contribution in [3.05, 3.63) is 41.4 Å². The topological polar surface area (TPSA) is 91.3 Å². The molecule has 3 N–H and O–H groups in total. The van der Waals surface area contributed by atoms with Crippen LogP contribution >= 0.6 is 0 Å². The average molecular weight is 261 g/mol. The molecule has 6 heteroatoms. The van der Waals surface area contributed by atoms with Crippen LogP contribution in [-0.2, 0) is 4.79 Å². The Kier molecular flexibility index (Phi) is 3.50. The number of nitrogens with one attached hydrogen (secondary N) is 2. The summed E-state index contributed by atoms with van der Waals surface area (Å²) < 4.78 is 0. The molecule has 0 bridgehead atoms. The number of amides is 2. The molecule has 1 unspecified atom stereocenters. The standard InChI is InChI=1S/C13H15N3O3/c1-7(2)10-9(12(17)18)11(16-13(19)15-10)8-4-3-5-14-6-8/h3-7,11H,1-2H3,(H,17,18)(H2,15,16,19). The van der Waals surface area contributed by atoms with Gasteiger partial charge in [-0.1, -0.05) is 19.9 Å². The Balaban J connectivity index is 2.54. The molecule has 1 aromatic rings.